The van der Waals surface area contributed by atoms with Gasteiger partial charge in [-0.15, -0.1) is 0 Å². The summed E-state index contributed by atoms with van der Waals surface area (Å²) in [6, 6.07) is 3.49. The molecule has 0 saturated carbocycles. The van der Waals surface area contributed by atoms with Gasteiger partial charge in [0.15, 0.2) is 0 Å². The molecule has 1 unspecified atom stereocenters. The first-order chi connectivity index (χ1) is 8.04. The predicted molar refractivity (Wildman–Crippen MR) is 68.7 cm³/mol. The van der Waals surface area contributed by atoms with Gasteiger partial charge in [0.2, 0.25) is 0 Å². The fraction of sp³-hybridized carbons (Fsp3) is 0.417. The lowest BCUT2D eigenvalue weighted by atomic mass is 10.1. The van der Waals surface area contributed by atoms with Gasteiger partial charge in [0.05, 0.1) is 0 Å². The molecule has 17 heavy (non-hydrogen) atoms. The molecule has 0 aromatic heterocycles. The number of carboxylic acid groups (broad SMARTS) is 1. The lowest BCUT2D eigenvalue weighted by molar-refractivity contribution is -0.138. The molecule has 0 radical (unpaired) electrons. The van der Waals surface area contributed by atoms with Gasteiger partial charge in [-0.2, -0.15) is 0 Å². The number of hydrogen-bond donors (Lipinski definition) is 2. The average molecular weight is 304 g/mol. The van der Waals surface area contributed by atoms with Gasteiger partial charge >= 0.3 is 5.97 Å². The van der Waals surface area contributed by atoms with Gasteiger partial charge in [0.1, 0.15) is 11.9 Å². The molecule has 0 amide bonds. The molecule has 0 aliphatic carbocycles. The second kappa shape index (κ2) is 6.59. The van der Waals surface area contributed by atoms with Crippen LogP contribution in [0.2, 0.25) is 0 Å². The second-order valence-corrected chi connectivity index (χ2v) is 4.66. The summed E-state index contributed by atoms with van der Waals surface area (Å²) in [6.45, 7) is 2.01. The summed E-state index contributed by atoms with van der Waals surface area (Å²) in [5, 5.41) is 12.0. The molecule has 3 nitrogen and oxygen atoms in total. The minimum atomic E-state index is -0.894. The maximum Gasteiger partial charge on any atom is 0.326 e. The number of hydrogen-bond acceptors (Lipinski definition) is 2. The van der Waals surface area contributed by atoms with Crippen LogP contribution >= 0.6 is 15.9 Å². The van der Waals surface area contributed by atoms with Gasteiger partial charge in [-0.3, -0.25) is 0 Å². The SMILES string of the molecule is CCCCC(Nc1ccc(F)cc1Br)C(=O)O. The number of unbranched alkanes of at least 4 members (excludes halogenated alkanes) is 1. The van der Waals surface area contributed by atoms with Gasteiger partial charge < -0.3 is 10.4 Å². The Hall–Kier alpha value is -1.10. The summed E-state index contributed by atoms with van der Waals surface area (Å²) in [6.07, 6.45) is 2.33. The predicted octanol–water partition coefficient (Wildman–Crippen LogP) is 3.64. The van der Waals surface area contributed by atoms with Gasteiger partial charge in [0.25, 0.3) is 0 Å². The van der Waals surface area contributed by atoms with E-state index >= 15 is 0 Å². The first-order valence-corrected chi connectivity index (χ1v) is 6.28. The van der Waals surface area contributed by atoms with Crippen LogP contribution in [-0.4, -0.2) is 17.1 Å². The highest BCUT2D eigenvalue weighted by Gasteiger charge is 2.17. The number of benzene rings is 1. The first-order valence-electron chi connectivity index (χ1n) is 5.49. The zero-order chi connectivity index (χ0) is 12.8. The zero-order valence-electron chi connectivity index (χ0n) is 9.54. The highest BCUT2D eigenvalue weighted by atomic mass is 79.9. The van der Waals surface area contributed by atoms with Gasteiger partial charge in [-0.25, -0.2) is 9.18 Å². The van der Waals surface area contributed by atoms with Crippen LogP contribution in [0.5, 0.6) is 0 Å². The van der Waals surface area contributed by atoms with E-state index in [0.717, 1.165) is 12.8 Å². The molecule has 94 valence electrons. The van der Waals surface area contributed by atoms with Crippen molar-refractivity contribution in [2.75, 3.05) is 5.32 Å². The smallest absolute Gasteiger partial charge is 0.326 e. The number of aliphatic carboxylic acids is 1. The first kappa shape index (κ1) is 14.0. The monoisotopic (exact) mass is 303 g/mol. The van der Waals surface area contributed by atoms with E-state index in [1.54, 1.807) is 0 Å². The minimum absolute atomic E-state index is 0.358. The molecule has 0 aliphatic rings. The molecule has 0 fully saturated rings. The fourth-order valence-electron chi connectivity index (χ4n) is 1.46. The maximum absolute atomic E-state index is 12.9. The lowest BCUT2D eigenvalue weighted by Crippen LogP contribution is -2.29. The second-order valence-electron chi connectivity index (χ2n) is 3.80. The Balaban J connectivity index is 2.75. The summed E-state index contributed by atoms with van der Waals surface area (Å²) in [7, 11) is 0. The number of carbonyl (C=O) groups is 1. The molecule has 0 spiro atoms. The molecular weight excluding hydrogens is 289 g/mol. The summed E-state index contributed by atoms with van der Waals surface area (Å²) in [5.41, 5.74) is 0.593. The Morgan fingerprint density at radius 3 is 2.82 bits per heavy atom. The number of anilines is 1. The van der Waals surface area contributed by atoms with Crippen molar-refractivity contribution >= 4 is 27.6 Å². The molecule has 1 aromatic carbocycles. The minimum Gasteiger partial charge on any atom is -0.480 e. The number of halogens is 2. The van der Waals surface area contributed by atoms with E-state index in [0.29, 0.717) is 16.6 Å². The van der Waals surface area contributed by atoms with Gasteiger partial charge in [0, 0.05) is 10.2 Å². The molecule has 1 rings (SSSR count). The Morgan fingerprint density at radius 1 is 1.59 bits per heavy atom. The normalized spacial score (nSPS) is 12.2. The molecule has 0 bridgehead atoms. The van der Waals surface area contributed by atoms with Crippen LogP contribution in [0.3, 0.4) is 0 Å². The van der Waals surface area contributed by atoms with Crippen molar-refractivity contribution in [1.82, 2.24) is 0 Å². The van der Waals surface area contributed by atoms with E-state index in [9.17, 15) is 9.18 Å². The van der Waals surface area contributed by atoms with Crippen molar-refractivity contribution in [3.8, 4) is 0 Å². The maximum atomic E-state index is 12.9. The van der Waals surface area contributed by atoms with Crippen molar-refractivity contribution in [3.05, 3.63) is 28.5 Å². The number of carboxylic acids is 1. The third kappa shape index (κ3) is 4.34. The quantitative estimate of drug-likeness (QED) is 0.843. The third-order valence-corrected chi connectivity index (χ3v) is 3.06. The van der Waals surface area contributed by atoms with E-state index in [-0.39, 0.29) is 5.82 Å². The topological polar surface area (TPSA) is 49.3 Å². The molecule has 0 saturated heterocycles. The average Bonchev–Trinajstić information content (AvgIpc) is 2.26. The molecule has 0 aliphatic heterocycles. The molecule has 0 heterocycles. The molecule has 2 N–H and O–H groups in total. The molecule has 1 atom stereocenters. The largest absolute Gasteiger partial charge is 0.480 e. The van der Waals surface area contributed by atoms with Gasteiger partial charge in [-0.05, 0) is 40.5 Å². The standard InChI is InChI=1S/C12H15BrFNO2/c1-2-3-4-11(12(16)17)15-10-6-5-8(14)7-9(10)13/h5-7,11,15H,2-4H2,1H3,(H,16,17). The molecule has 1 aromatic rings. The Bertz CT molecular complexity index is 398. The van der Waals surface area contributed by atoms with Crippen LogP contribution in [0.4, 0.5) is 10.1 Å². The van der Waals surface area contributed by atoms with Crippen molar-refractivity contribution < 1.29 is 14.3 Å². The van der Waals surface area contributed by atoms with E-state index < -0.39 is 12.0 Å². The van der Waals surface area contributed by atoms with Gasteiger partial charge in [-0.1, -0.05) is 19.8 Å². The summed E-state index contributed by atoms with van der Waals surface area (Å²) in [4.78, 5) is 11.0. The third-order valence-electron chi connectivity index (χ3n) is 2.41. The Labute approximate surface area is 108 Å². The van der Waals surface area contributed by atoms with E-state index in [4.69, 9.17) is 5.11 Å². The Kier molecular flexibility index (Phi) is 5.41. The van der Waals surface area contributed by atoms with Crippen molar-refractivity contribution in [2.45, 2.75) is 32.2 Å². The van der Waals surface area contributed by atoms with Crippen LogP contribution in [0, 0.1) is 5.82 Å². The fourth-order valence-corrected chi connectivity index (χ4v) is 1.93. The van der Waals surface area contributed by atoms with Crippen molar-refractivity contribution in [2.24, 2.45) is 0 Å². The lowest BCUT2D eigenvalue weighted by Gasteiger charge is -2.16. The van der Waals surface area contributed by atoms with Crippen LogP contribution in [0.15, 0.2) is 22.7 Å². The van der Waals surface area contributed by atoms with E-state index in [2.05, 4.69) is 21.2 Å². The van der Waals surface area contributed by atoms with E-state index in [1.165, 1.54) is 18.2 Å². The van der Waals surface area contributed by atoms with E-state index in [1.807, 2.05) is 6.92 Å². The highest BCUT2D eigenvalue weighted by molar-refractivity contribution is 9.10. The highest BCUT2D eigenvalue weighted by Crippen LogP contribution is 2.24. The molecular formula is C12H15BrFNO2. The number of rotatable bonds is 6. The summed E-state index contributed by atoms with van der Waals surface area (Å²) < 4.78 is 13.4. The number of nitrogens with one attached hydrogen (secondary N) is 1. The van der Waals surface area contributed by atoms with Crippen molar-refractivity contribution in [1.29, 1.82) is 0 Å². The summed E-state index contributed by atoms with van der Waals surface area (Å²) >= 11 is 3.20. The summed E-state index contributed by atoms with van der Waals surface area (Å²) in [5.74, 6) is -1.25. The van der Waals surface area contributed by atoms with Crippen molar-refractivity contribution in [3.63, 3.8) is 0 Å². The Morgan fingerprint density at radius 2 is 2.29 bits per heavy atom. The van der Waals surface area contributed by atoms with Crippen LogP contribution in [-0.2, 0) is 4.79 Å². The zero-order valence-corrected chi connectivity index (χ0v) is 11.1. The van der Waals surface area contributed by atoms with Crippen LogP contribution in [0.1, 0.15) is 26.2 Å². The van der Waals surface area contributed by atoms with Crippen LogP contribution in [0.25, 0.3) is 0 Å². The molecule has 5 heteroatoms. The van der Waals surface area contributed by atoms with Crippen LogP contribution < -0.4 is 5.32 Å².